The first kappa shape index (κ1) is 15.6. The minimum absolute atomic E-state index is 0.173. The Bertz CT molecular complexity index is 861. The zero-order valence-corrected chi connectivity index (χ0v) is 14.9. The maximum atomic E-state index is 12.7. The minimum Gasteiger partial charge on any atom is -0.334 e. The first-order valence-corrected chi connectivity index (χ1v) is 9.69. The van der Waals surface area contributed by atoms with Crippen molar-refractivity contribution in [2.75, 3.05) is 12.3 Å². The van der Waals surface area contributed by atoms with Crippen molar-refractivity contribution < 1.29 is 4.79 Å². The van der Waals surface area contributed by atoms with Crippen molar-refractivity contribution in [3.63, 3.8) is 0 Å². The van der Waals surface area contributed by atoms with Crippen LogP contribution in [0, 0.1) is 0 Å². The summed E-state index contributed by atoms with van der Waals surface area (Å²) in [6.07, 6.45) is 5.41. The van der Waals surface area contributed by atoms with E-state index in [-0.39, 0.29) is 11.9 Å². The zero-order chi connectivity index (χ0) is 16.5. The fraction of sp³-hybridized carbons (Fsp3) is 0.375. The normalized spacial score (nSPS) is 17.7. The summed E-state index contributed by atoms with van der Waals surface area (Å²) in [5.41, 5.74) is 0.789. The molecule has 1 fully saturated rings. The molecule has 0 bridgehead atoms. The van der Waals surface area contributed by atoms with Crippen molar-refractivity contribution in [3.05, 3.63) is 34.9 Å². The number of thioether (sulfide) groups is 1. The molecular formula is C16H17N5OS2. The summed E-state index contributed by atoms with van der Waals surface area (Å²) >= 11 is 3.19. The number of aryl methyl sites for hydroxylation is 1. The van der Waals surface area contributed by atoms with Crippen LogP contribution in [0.4, 0.5) is 0 Å². The van der Waals surface area contributed by atoms with E-state index in [0.29, 0.717) is 5.75 Å². The largest absolute Gasteiger partial charge is 0.334 e. The number of amides is 1. The number of carbonyl (C=O) groups excluding carboxylic acids is 1. The third kappa shape index (κ3) is 2.80. The Balaban J connectivity index is 1.48. The van der Waals surface area contributed by atoms with Crippen molar-refractivity contribution in [2.45, 2.75) is 23.9 Å². The molecule has 0 aromatic carbocycles. The quantitative estimate of drug-likeness (QED) is 0.529. The second-order valence-corrected chi connectivity index (χ2v) is 7.68. The van der Waals surface area contributed by atoms with Crippen molar-refractivity contribution in [2.24, 2.45) is 7.05 Å². The van der Waals surface area contributed by atoms with Crippen LogP contribution in [0.15, 0.2) is 35.1 Å². The Hall–Kier alpha value is -1.93. The van der Waals surface area contributed by atoms with E-state index in [4.69, 9.17) is 0 Å². The highest BCUT2D eigenvalue weighted by Crippen LogP contribution is 2.35. The summed E-state index contributed by atoms with van der Waals surface area (Å²) < 4.78 is 1.72. The number of hydrogen-bond donors (Lipinski definition) is 0. The molecule has 1 amide bonds. The molecule has 124 valence electrons. The van der Waals surface area contributed by atoms with Crippen LogP contribution >= 0.6 is 23.1 Å². The highest BCUT2D eigenvalue weighted by molar-refractivity contribution is 8.00. The molecule has 4 rings (SSSR count). The van der Waals surface area contributed by atoms with Crippen LogP contribution in [0.25, 0.3) is 11.0 Å². The fourth-order valence-corrected chi connectivity index (χ4v) is 4.83. The van der Waals surface area contributed by atoms with Crippen LogP contribution in [-0.4, -0.2) is 42.9 Å². The van der Waals surface area contributed by atoms with Gasteiger partial charge in [0.05, 0.1) is 23.4 Å². The molecule has 3 aromatic heterocycles. The lowest BCUT2D eigenvalue weighted by molar-refractivity contribution is -0.129. The summed E-state index contributed by atoms with van der Waals surface area (Å²) in [6.45, 7) is 0.841. The molecule has 3 aromatic rings. The predicted octanol–water partition coefficient (Wildman–Crippen LogP) is 2.88. The Morgan fingerprint density at radius 1 is 1.46 bits per heavy atom. The molecule has 1 atom stereocenters. The first-order chi connectivity index (χ1) is 11.7. The smallest absolute Gasteiger partial charge is 0.233 e. The minimum atomic E-state index is 0.173. The lowest BCUT2D eigenvalue weighted by Gasteiger charge is -2.23. The van der Waals surface area contributed by atoms with E-state index in [0.717, 1.165) is 35.4 Å². The van der Waals surface area contributed by atoms with E-state index >= 15 is 0 Å². The van der Waals surface area contributed by atoms with Gasteiger partial charge in [0.25, 0.3) is 0 Å². The van der Waals surface area contributed by atoms with Gasteiger partial charge in [-0.1, -0.05) is 17.8 Å². The number of likely N-dealkylation sites (tertiary alicyclic amines) is 1. The van der Waals surface area contributed by atoms with Crippen molar-refractivity contribution in [3.8, 4) is 0 Å². The molecule has 1 aliphatic rings. The maximum absolute atomic E-state index is 12.7. The van der Waals surface area contributed by atoms with Crippen LogP contribution < -0.4 is 0 Å². The summed E-state index contributed by atoms with van der Waals surface area (Å²) in [4.78, 5) is 24.6. The van der Waals surface area contributed by atoms with Gasteiger partial charge in [0.2, 0.25) is 5.91 Å². The topological polar surface area (TPSA) is 63.9 Å². The molecule has 0 N–H and O–H groups in total. The lowest BCUT2D eigenvalue weighted by Crippen LogP contribution is -2.31. The number of nitrogens with zero attached hydrogens (tertiary/aromatic N) is 5. The van der Waals surface area contributed by atoms with E-state index < -0.39 is 0 Å². The lowest BCUT2D eigenvalue weighted by atomic mass is 10.2. The molecule has 8 heteroatoms. The van der Waals surface area contributed by atoms with E-state index in [1.807, 2.05) is 11.9 Å². The Morgan fingerprint density at radius 2 is 2.38 bits per heavy atom. The summed E-state index contributed by atoms with van der Waals surface area (Å²) in [6, 6.07) is 4.41. The zero-order valence-electron chi connectivity index (χ0n) is 13.3. The predicted molar refractivity (Wildman–Crippen MR) is 95.0 cm³/mol. The van der Waals surface area contributed by atoms with Crippen molar-refractivity contribution in [1.82, 2.24) is 24.6 Å². The van der Waals surface area contributed by atoms with E-state index in [1.165, 1.54) is 23.0 Å². The van der Waals surface area contributed by atoms with Gasteiger partial charge in [-0.05, 0) is 24.3 Å². The number of thiophene rings is 1. The molecule has 0 aliphatic carbocycles. The van der Waals surface area contributed by atoms with Gasteiger partial charge in [0.1, 0.15) is 11.4 Å². The van der Waals surface area contributed by atoms with Crippen molar-refractivity contribution in [1.29, 1.82) is 0 Å². The summed E-state index contributed by atoms with van der Waals surface area (Å²) in [7, 11) is 1.85. The van der Waals surface area contributed by atoms with Gasteiger partial charge in [0, 0.05) is 18.5 Å². The molecule has 6 nitrogen and oxygen atoms in total. The SMILES string of the molecule is Cn1ncc2c(SCC(=O)N3CCCC3c3cccs3)ncnc21. The molecule has 4 heterocycles. The number of hydrogen-bond acceptors (Lipinski definition) is 6. The van der Waals surface area contributed by atoms with Crippen LogP contribution in [0.1, 0.15) is 23.8 Å². The molecule has 0 spiro atoms. The molecular weight excluding hydrogens is 342 g/mol. The third-order valence-electron chi connectivity index (χ3n) is 4.27. The Labute approximate surface area is 147 Å². The van der Waals surface area contributed by atoms with Gasteiger partial charge in [-0.25, -0.2) is 9.97 Å². The first-order valence-electron chi connectivity index (χ1n) is 7.82. The molecule has 0 radical (unpaired) electrons. The van der Waals surface area contributed by atoms with Gasteiger partial charge < -0.3 is 4.90 Å². The van der Waals surface area contributed by atoms with Crippen LogP contribution in [0.5, 0.6) is 0 Å². The van der Waals surface area contributed by atoms with Gasteiger partial charge in [-0.2, -0.15) is 5.10 Å². The second-order valence-electron chi connectivity index (χ2n) is 5.73. The molecule has 24 heavy (non-hydrogen) atoms. The number of rotatable bonds is 4. The highest BCUT2D eigenvalue weighted by atomic mass is 32.2. The molecule has 1 saturated heterocycles. The monoisotopic (exact) mass is 359 g/mol. The second kappa shape index (κ2) is 6.52. The molecule has 1 unspecified atom stereocenters. The fourth-order valence-electron chi connectivity index (χ4n) is 3.11. The Kier molecular flexibility index (Phi) is 4.24. The van der Waals surface area contributed by atoms with Gasteiger partial charge in [-0.3, -0.25) is 9.48 Å². The molecule has 0 saturated carbocycles. The van der Waals surface area contributed by atoms with Crippen LogP contribution in [0.2, 0.25) is 0 Å². The van der Waals surface area contributed by atoms with E-state index in [9.17, 15) is 4.79 Å². The van der Waals surface area contributed by atoms with E-state index in [1.54, 1.807) is 22.2 Å². The number of aromatic nitrogens is 4. The highest BCUT2D eigenvalue weighted by Gasteiger charge is 2.30. The average Bonchev–Trinajstić information content (AvgIpc) is 3.33. The number of carbonyl (C=O) groups is 1. The molecule has 1 aliphatic heterocycles. The Morgan fingerprint density at radius 3 is 3.21 bits per heavy atom. The van der Waals surface area contributed by atoms with Crippen LogP contribution in [0.3, 0.4) is 0 Å². The standard InChI is InChI=1S/C16H17N5OS2/c1-20-15-11(8-19-20)16(18-10-17-15)24-9-14(22)21-6-2-4-12(21)13-5-3-7-23-13/h3,5,7-8,10,12H,2,4,6,9H2,1H3. The van der Waals surface area contributed by atoms with Crippen molar-refractivity contribution >= 4 is 40.0 Å². The van der Waals surface area contributed by atoms with E-state index in [2.05, 4.69) is 32.6 Å². The summed E-state index contributed by atoms with van der Waals surface area (Å²) in [5.74, 6) is 0.564. The van der Waals surface area contributed by atoms with Gasteiger partial charge in [0.15, 0.2) is 5.65 Å². The average molecular weight is 359 g/mol. The summed E-state index contributed by atoms with van der Waals surface area (Å²) in [5, 5.41) is 8.00. The van der Waals surface area contributed by atoms with Gasteiger partial charge >= 0.3 is 0 Å². The van der Waals surface area contributed by atoms with Gasteiger partial charge in [-0.15, -0.1) is 11.3 Å². The maximum Gasteiger partial charge on any atom is 0.233 e. The third-order valence-corrected chi connectivity index (χ3v) is 6.23. The number of fused-ring (bicyclic) bond motifs is 1. The van der Waals surface area contributed by atoms with Crippen LogP contribution in [-0.2, 0) is 11.8 Å².